The third-order valence-electron chi connectivity index (χ3n) is 7.31. The molecule has 3 aromatic rings. The molecule has 0 saturated carbocycles. The van der Waals surface area contributed by atoms with Crippen LogP contribution in [0.2, 0.25) is 0 Å². The Morgan fingerprint density at radius 2 is 1.54 bits per heavy atom. The maximum Gasteiger partial charge on any atom is 0.259 e. The molecule has 9 nitrogen and oxygen atoms in total. The lowest BCUT2D eigenvalue weighted by atomic mass is 10.1. The molecule has 0 radical (unpaired) electrons. The first-order chi connectivity index (χ1) is 18.8. The van der Waals surface area contributed by atoms with E-state index in [0.29, 0.717) is 62.3 Å². The van der Waals surface area contributed by atoms with Crippen LogP contribution < -0.4 is 19.9 Å². The molecule has 3 heterocycles. The molecule has 2 fully saturated rings. The molecule has 3 aromatic carbocycles. The molecule has 204 valence electrons. The fourth-order valence-electron chi connectivity index (χ4n) is 5.19. The van der Waals surface area contributed by atoms with E-state index in [9.17, 15) is 17.6 Å². The Morgan fingerprint density at radius 3 is 2.26 bits per heavy atom. The van der Waals surface area contributed by atoms with Gasteiger partial charge in [0.05, 0.1) is 30.2 Å². The third-order valence-corrected chi connectivity index (χ3v) is 9.24. The summed E-state index contributed by atoms with van der Waals surface area (Å²) in [6.45, 7) is 5.32. The highest BCUT2D eigenvalue weighted by Gasteiger charge is 2.34. The van der Waals surface area contributed by atoms with Gasteiger partial charge in [0.1, 0.15) is 16.5 Å². The Bertz CT molecular complexity index is 1520. The smallest absolute Gasteiger partial charge is 0.259 e. The number of nitrogens with zero attached hydrogens (tertiary/aromatic N) is 3. The van der Waals surface area contributed by atoms with E-state index < -0.39 is 15.9 Å². The highest BCUT2D eigenvalue weighted by atomic mass is 32.2. The maximum absolute atomic E-state index is 13.9. The van der Waals surface area contributed by atoms with E-state index in [1.54, 1.807) is 24.3 Å². The van der Waals surface area contributed by atoms with Crippen LogP contribution in [-0.2, 0) is 14.8 Å². The minimum absolute atomic E-state index is 0.0688. The molecule has 0 unspecified atom stereocenters. The number of halogens is 1. The van der Waals surface area contributed by atoms with Crippen LogP contribution in [0.1, 0.15) is 15.9 Å². The van der Waals surface area contributed by atoms with Crippen LogP contribution in [0.5, 0.6) is 11.5 Å². The van der Waals surface area contributed by atoms with Crippen molar-refractivity contribution in [2.45, 2.75) is 11.8 Å². The summed E-state index contributed by atoms with van der Waals surface area (Å²) in [6, 6.07) is 15.0. The number of fused-ring (bicyclic) bond motifs is 2. The maximum atomic E-state index is 13.9. The minimum atomic E-state index is -3.93. The molecule has 1 N–H and O–H groups in total. The molecule has 3 aliphatic rings. The van der Waals surface area contributed by atoms with Gasteiger partial charge in [0.25, 0.3) is 5.91 Å². The third kappa shape index (κ3) is 4.93. The highest BCUT2D eigenvalue weighted by Crippen LogP contribution is 2.41. The van der Waals surface area contributed by atoms with Crippen LogP contribution >= 0.6 is 0 Å². The Hall–Kier alpha value is -3.67. The predicted octanol–water partition coefficient (Wildman–Crippen LogP) is 3.84. The second kappa shape index (κ2) is 10.1. The van der Waals surface area contributed by atoms with Gasteiger partial charge in [0.2, 0.25) is 10.0 Å². The first-order valence-electron chi connectivity index (χ1n) is 12.9. The average Bonchev–Trinajstić information content (AvgIpc) is 3.08. The van der Waals surface area contributed by atoms with Crippen molar-refractivity contribution < 1.29 is 27.1 Å². The van der Waals surface area contributed by atoms with E-state index in [0.717, 1.165) is 11.3 Å². The number of anilines is 3. The van der Waals surface area contributed by atoms with E-state index in [2.05, 4.69) is 10.2 Å². The van der Waals surface area contributed by atoms with Crippen molar-refractivity contribution in [1.29, 1.82) is 0 Å². The summed E-state index contributed by atoms with van der Waals surface area (Å²) in [4.78, 5) is 17.5. The first kappa shape index (κ1) is 25.6. The summed E-state index contributed by atoms with van der Waals surface area (Å²) in [6.07, 6.45) is 0. The van der Waals surface area contributed by atoms with E-state index >= 15 is 0 Å². The van der Waals surface area contributed by atoms with Crippen LogP contribution in [-0.4, -0.2) is 71.1 Å². The van der Waals surface area contributed by atoms with Crippen LogP contribution in [0.15, 0.2) is 59.5 Å². The van der Waals surface area contributed by atoms with Crippen molar-refractivity contribution in [2.24, 2.45) is 0 Å². The Balaban J connectivity index is 1.39. The molecule has 3 aliphatic heterocycles. The summed E-state index contributed by atoms with van der Waals surface area (Å²) < 4.78 is 54.3. The average molecular weight is 553 g/mol. The second-order valence-corrected chi connectivity index (χ2v) is 11.7. The van der Waals surface area contributed by atoms with Crippen LogP contribution in [0, 0.1) is 12.7 Å². The van der Waals surface area contributed by atoms with Gasteiger partial charge < -0.3 is 24.6 Å². The predicted molar refractivity (Wildman–Crippen MR) is 146 cm³/mol. The van der Waals surface area contributed by atoms with Crippen molar-refractivity contribution in [3.63, 3.8) is 0 Å². The zero-order valence-corrected chi connectivity index (χ0v) is 22.3. The van der Waals surface area contributed by atoms with Gasteiger partial charge in [0.15, 0.2) is 5.75 Å². The lowest BCUT2D eigenvalue weighted by Crippen LogP contribution is -2.47. The number of sulfonamides is 1. The number of ether oxygens (including phenoxy) is 2. The van der Waals surface area contributed by atoms with Gasteiger partial charge in [-0.2, -0.15) is 4.31 Å². The number of hydrogen-bond acceptors (Lipinski definition) is 7. The molecule has 11 heteroatoms. The summed E-state index contributed by atoms with van der Waals surface area (Å²) in [5, 5.41) is 2.87. The zero-order chi connectivity index (χ0) is 27.1. The zero-order valence-electron chi connectivity index (χ0n) is 21.5. The molecule has 0 spiro atoms. The van der Waals surface area contributed by atoms with Crippen molar-refractivity contribution in [1.82, 2.24) is 4.31 Å². The molecular weight excluding hydrogens is 523 g/mol. The SMILES string of the molecule is Cc1ccc2c(c1)NC(=O)c1cc(S(=O)(=O)N3CCOCC3)c(N3CCN(c4ccc(F)cc4)CC3)cc1O2. The topological polar surface area (TPSA) is 91.4 Å². The van der Waals surface area contributed by atoms with Gasteiger partial charge in [-0.15, -0.1) is 0 Å². The van der Waals surface area contributed by atoms with Crippen LogP contribution in [0.4, 0.5) is 21.5 Å². The van der Waals surface area contributed by atoms with E-state index in [1.165, 1.54) is 22.5 Å². The van der Waals surface area contributed by atoms with Gasteiger partial charge >= 0.3 is 0 Å². The second-order valence-electron chi connectivity index (χ2n) is 9.84. The molecule has 39 heavy (non-hydrogen) atoms. The lowest BCUT2D eigenvalue weighted by molar-refractivity contribution is 0.0730. The number of piperazine rings is 1. The molecule has 2 saturated heterocycles. The molecule has 0 aliphatic carbocycles. The van der Waals surface area contributed by atoms with E-state index in [-0.39, 0.29) is 29.4 Å². The summed E-state index contributed by atoms with van der Waals surface area (Å²) in [5.41, 5.74) is 3.04. The number of aryl methyl sites for hydroxylation is 1. The molecule has 0 bridgehead atoms. The van der Waals surface area contributed by atoms with Gasteiger partial charge in [0, 0.05) is 51.0 Å². The summed E-state index contributed by atoms with van der Waals surface area (Å²) >= 11 is 0. The standard InChI is InChI=1S/C28H29FN4O5S/c1-19-2-7-25-23(16-19)30-28(34)22-17-27(39(35,36)33-12-14-37-15-13-33)24(18-26(22)38-25)32-10-8-31(9-11-32)21-5-3-20(29)4-6-21/h2-7,16-18H,8-15H2,1H3,(H,30,34). The van der Waals surface area contributed by atoms with Crippen molar-refractivity contribution in [3.05, 3.63) is 71.5 Å². The number of morpholine rings is 1. The minimum Gasteiger partial charge on any atom is -0.454 e. The fraction of sp³-hybridized carbons (Fsp3) is 0.321. The van der Waals surface area contributed by atoms with Gasteiger partial charge in [-0.1, -0.05) is 6.07 Å². The molecule has 6 rings (SSSR count). The van der Waals surface area contributed by atoms with Gasteiger partial charge in [-0.05, 0) is 55.0 Å². The van der Waals surface area contributed by atoms with Gasteiger partial charge in [-0.3, -0.25) is 4.79 Å². The monoisotopic (exact) mass is 552 g/mol. The number of amides is 1. The van der Waals surface area contributed by atoms with Crippen molar-refractivity contribution in [3.8, 4) is 11.5 Å². The number of carbonyl (C=O) groups is 1. The number of hydrogen-bond donors (Lipinski definition) is 1. The fourth-order valence-corrected chi connectivity index (χ4v) is 6.81. The summed E-state index contributed by atoms with van der Waals surface area (Å²) in [7, 11) is -3.93. The van der Waals surface area contributed by atoms with Crippen LogP contribution in [0.3, 0.4) is 0 Å². The molecule has 0 aromatic heterocycles. The Morgan fingerprint density at radius 1 is 0.846 bits per heavy atom. The number of benzene rings is 3. The highest BCUT2D eigenvalue weighted by molar-refractivity contribution is 7.89. The number of carbonyl (C=O) groups excluding carboxylic acids is 1. The van der Waals surface area contributed by atoms with Gasteiger partial charge in [-0.25, -0.2) is 12.8 Å². The normalized spacial score (nSPS) is 18.1. The Labute approximate surface area is 226 Å². The van der Waals surface area contributed by atoms with Crippen LogP contribution in [0.25, 0.3) is 0 Å². The van der Waals surface area contributed by atoms with Crippen molar-refractivity contribution in [2.75, 3.05) is 67.6 Å². The quantitative estimate of drug-likeness (QED) is 0.526. The van der Waals surface area contributed by atoms with E-state index in [1.807, 2.05) is 24.0 Å². The first-order valence-corrected chi connectivity index (χ1v) is 14.3. The largest absolute Gasteiger partial charge is 0.454 e. The number of nitrogens with one attached hydrogen (secondary N) is 1. The Kier molecular flexibility index (Phi) is 6.66. The molecule has 0 atom stereocenters. The van der Waals surface area contributed by atoms with E-state index in [4.69, 9.17) is 9.47 Å². The van der Waals surface area contributed by atoms with Crippen molar-refractivity contribution >= 4 is 33.0 Å². The summed E-state index contributed by atoms with van der Waals surface area (Å²) in [5.74, 6) is 0.0668. The number of rotatable bonds is 4. The molecule has 1 amide bonds. The molecular formula is C28H29FN4O5S. The lowest BCUT2D eigenvalue weighted by Gasteiger charge is -2.38.